The summed E-state index contributed by atoms with van der Waals surface area (Å²) in [5.41, 5.74) is -0.437. The van der Waals surface area contributed by atoms with E-state index in [1.807, 2.05) is 6.92 Å². The topological polar surface area (TPSA) is 76.7 Å². The van der Waals surface area contributed by atoms with E-state index in [0.29, 0.717) is 6.42 Å². The summed E-state index contributed by atoms with van der Waals surface area (Å²) < 4.78 is 54.2. The molecule has 3 atom stereocenters. The molecular formula is C21H34F2N2O4S. The highest BCUT2D eigenvalue weighted by Crippen LogP contribution is 2.31. The van der Waals surface area contributed by atoms with Crippen molar-refractivity contribution in [2.75, 3.05) is 6.54 Å². The Labute approximate surface area is 180 Å². The van der Waals surface area contributed by atoms with Gasteiger partial charge in [0.05, 0.1) is 22.3 Å². The fourth-order valence-electron chi connectivity index (χ4n) is 2.37. The van der Waals surface area contributed by atoms with Crippen LogP contribution in [0.15, 0.2) is 12.1 Å². The first-order valence-electron chi connectivity index (χ1n) is 9.94. The summed E-state index contributed by atoms with van der Waals surface area (Å²) in [6, 6.07) is 1.26. The molecule has 1 aromatic carbocycles. The second kappa shape index (κ2) is 10.5. The number of hydrogen-bond acceptors (Lipinski definition) is 4. The molecule has 0 heterocycles. The Kier molecular flexibility index (Phi) is 9.23. The number of benzene rings is 1. The molecule has 0 radical (unpaired) electrons. The van der Waals surface area contributed by atoms with E-state index in [4.69, 9.17) is 9.47 Å². The van der Waals surface area contributed by atoms with Gasteiger partial charge in [0.15, 0.2) is 11.6 Å². The quantitative estimate of drug-likeness (QED) is 0.601. The zero-order chi connectivity index (χ0) is 23.3. The Balaban J connectivity index is 3.01. The summed E-state index contributed by atoms with van der Waals surface area (Å²) in [7, 11) is -1.45. The zero-order valence-electron chi connectivity index (χ0n) is 19.0. The molecule has 172 valence electrons. The monoisotopic (exact) mass is 448 g/mol. The highest BCUT2D eigenvalue weighted by Gasteiger charge is 2.26. The van der Waals surface area contributed by atoms with E-state index in [2.05, 4.69) is 10.0 Å². The lowest BCUT2D eigenvalue weighted by atomic mass is 10.1. The van der Waals surface area contributed by atoms with Gasteiger partial charge >= 0.3 is 6.09 Å². The average molecular weight is 449 g/mol. The lowest BCUT2D eigenvalue weighted by molar-refractivity contribution is 0.0498. The number of halogens is 2. The van der Waals surface area contributed by atoms with E-state index in [-0.39, 0.29) is 17.9 Å². The van der Waals surface area contributed by atoms with E-state index in [1.54, 1.807) is 48.5 Å². The van der Waals surface area contributed by atoms with Crippen molar-refractivity contribution in [2.24, 2.45) is 0 Å². The summed E-state index contributed by atoms with van der Waals surface area (Å²) in [6.45, 7) is 14.2. The molecule has 0 aliphatic rings. The molecule has 0 fully saturated rings. The number of nitrogens with one attached hydrogen (secondary N) is 2. The second-order valence-corrected chi connectivity index (χ2v) is 11.1. The molecule has 0 aliphatic heterocycles. The summed E-state index contributed by atoms with van der Waals surface area (Å²) in [6.07, 6.45) is -0.724. The third-order valence-corrected chi connectivity index (χ3v) is 5.64. The van der Waals surface area contributed by atoms with Crippen LogP contribution in [0.5, 0.6) is 5.75 Å². The van der Waals surface area contributed by atoms with Gasteiger partial charge in [-0.3, -0.25) is 0 Å². The van der Waals surface area contributed by atoms with E-state index < -0.39 is 51.2 Å². The Morgan fingerprint density at radius 1 is 1.17 bits per heavy atom. The van der Waals surface area contributed by atoms with Crippen molar-refractivity contribution in [3.63, 3.8) is 0 Å². The lowest BCUT2D eigenvalue weighted by Gasteiger charge is -2.26. The Bertz CT molecular complexity index is 761. The van der Waals surface area contributed by atoms with Crippen LogP contribution in [0.3, 0.4) is 0 Å². The standard InChI is InChI=1S/C21H34F2N2O4S/c1-9-15(12-24-19(26)29-20(3,4)5)28-18-16(10-14(22)11-17(18)23)13(2)25-30(27)21(6,7)8/h10-11,13,15,25H,9,12H2,1-8H3,(H,24,26)/t13-,15-,30-/m1/s1. The molecule has 0 spiro atoms. The molecule has 1 rings (SSSR count). The van der Waals surface area contributed by atoms with E-state index >= 15 is 0 Å². The highest BCUT2D eigenvalue weighted by atomic mass is 32.2. The lowest BCUT2D eigenvalue weighted by Crippen LogP contribution is -2.39. The molecule has 6 nitrogen and oxygen atoms in total. The summed E-state index contributed by atoms with van der Waals surface area (Å²) in [4.78, 5) is 11.9. The Morgan fingerprint density at radius 2 is 1.77 bits per heavy atom. The van der Waals surface area contributed by atoms with Gasteiger partial charge in [0.25, 0.3) is 0 Å². The first-order valence-corrected chi connectivity index (χ1v) is 11.1. The molecule has 0 unspecified atom stereocenters. The molecule has 1 amide bonds. The van der Waals surface area contributed by atoms with Crippen molar-refractivity contribution in [2.45, 2.75) is 84.3 Å². The molecule has 0 saturated heterocycles. The van der Waals surface area contributed by atoms with Gasteiger partial charge in [-0.05, 0) is 61.0 Å². The van der Waals surface area contributed by atoms with Crippen molar-refractivity contribution in [3.05, 3.63) is 29.3 Å². The summed E-state index contributed by atoms with van der Waals surface area (Å²) in [5.74, 6) is -1.76. The molecule has 0 bridgehead atoms. The second-order valence-electron chi connectivity index (χ2n) is 9.06. The maximum atomic E-state index is 14.6. The fourth-order valence-corrected chi connectivity index (χ4v) is 3.18. The maximum Gasteiger partial charge on any atom is 0.407 e. The molecule has 0 saturated carbocycles. The van der Waals surface area contributed by atoms with Gasteiger partial charge in [-0.15, -0.1) is 0 Å². The van der Waals surface area contributed by atoms with Gasteiger partial charge in [-0.2, -0.15) is 0 Å². The van der Waals surface area contributed by atoms with E-state index in [0.717, 1.165) is 12.1 Å². The van der Waals surface area contributed by atoms with Crippen molar-refractivity contribution in [1.29, 1.82) is 0 Å². The van der Waals surface area contributed by atoms with Crippen LogP contribution in [-0.4, -0.2) is 33.3 Å². The summed E-state index contributed by atoms with van der Waals surface area (Å²) >= 11 is 0. The van der Waals surface area contributed by atoms with Crippen LogP contribution in [0.4, 0.5) is 13.6 Å². The molecule has 0 aliphatic carbocycles. The average Bonchev–Trinajstić information content (AvgIpc) is 2.57. The first kappa shape index (κ1) is 26.3. The van der Waals surface area contributed by atoms with Crippen molar-refractivity contribution in [3.8, 4) is 5.75 Å². The summed E-state index contributed by atoms with van der Waals surface area (Å²) in [5, 5.41) is 2.60. The number of rotatable bonds is 8. The van der Waals surface area contributed by atoms with Crippen molar-refractivity contribution < 1.29 is 27.3 Å². The number of carbonyl (C=O) groups excluding carboxylic acids is 1. The zero-order valence-corrected chi connectivity index (χ0v) is 19.8. The minimum absolute atomic E-state index is 0.0808. The van der Waals surface area contributed by atoms with Gasteiger partial charge in [-0.1, -0.05) is 6.92 Å². The minimum atomic E-state index is -1.45. The predicted octanol–water partition coefficient (Wildman–Crippen LogP) is 4.76. The van der Waals surface area contributed by atoms with Crippen LogP contribution < -0.4 is 14.8 Å². The smallest absolute Gasteiger partial charge is 0.407 e. The largest absolute Gasteiger partial charge is 0.485 e. The molecule has 30 heavy (non-hydrogen) atoms. The molecular weight excluding hydrogens is 414 g/mol. The number of amides is 1. The third-order valence-electron chi connectivity index (χ3n) is 3.96. The van der Waals surface area contributed by atoms with Crippen LogP contribution in [0, 0.1) is 11.6 Å². The van der Waals surface area contributed by atoms with Gasteiger partial charge in [-0.25, -0.2) is 22.5 Å². The fraction of sp³-hybridized carbons (Fsp3) is 0.667. The predicted molar refractivity (Wildman–Crippen MR) is 115 cm³/mol. The number of alkyl carbamates (subject to hydrolysis) is 1. The normalized spacial score (nSPS) is 15.3. The van der Waals surface area contributed by atoms with E-state index in [9.17, 15) is 17.8 Å². The number of hydrogen-bond donors (Lipinski definition) is 2. The molecule has 0 aromatic heterocycles. The molecule has 9 heteroatoms. The van der Waals surface area contributed by atoms with Crippen molar-refractivity contribution >= 4 is 17.1 Å². The Hall–Kier alpha value is -1.74. The van der Waals surface area contributed by atoms with Gasteiger partial charge in [0.1, 0.15) is 17.5 Å². The molecule has 1 aromatic rings. The van der Waals surface area contributed by atoms with E-state index in [1.165, 1.54) is 0 Å². The van der Waals surface area contributed by atoms with Crippen LogP contribution in [0.25, 0.3) is 0 Å². The maximum absolute atomic E-state index is 14.6. The highest BCUT2D eigenvalue weighted by molar-refractivity contribution is 7.84. The van der Waals surface area contributed by atoms with Crippen molar-refractivity contribution in [1.82, 2.24) is 10.0 Å². The third kappa shape index (κ3) is 8.55. The van der Waals surface area contributed by atoms with Crippen LogP contribution in [0.1, 0.15) is 73.4 Å². The minimum Gasteiger partial charge on any atom is -0.485 e. The Morgan fingerprint density at radius 3 is 2.27 bits per heavy atom. The van der Waals surface area contributed by atoms with Gasteiger partial charge in [0, 0.05) is 17.7 Å². The SMILES string of the molecule is CC[C@H](CNC(=O)OC(C)(C)C)Oc1c(F)cc(F)cc1[C@@H](C)N[S@](=O)C(C)(C)C. The number of ether oxygens (including phenoxy) is 2. The van der Waals surface area contributed by atoms with Gasteiger partial charge in [0.2, 0.25) is 0 Å². The first-order chi connectivity index (χ1) is 13.6. The molecule has 2 N–H and O–H groups in total. The van der Waals surface area contributed by atoms with Crippen LogP contribution in [-0.2, 0) is 15.7 Å². The van der Waals surface area contributed by atoms with Gasteiger partial charge < -0.3 is 14.8 Å². The van der Waals surface area contributed by atoms with Crippen LogP contribution in [0.2, 0.25) is 0 Å². The van der Waals surface area contributed by atoms with Crippen LogP contribution >= 0.6 is 0 Å². The number of carbonyl (C=O) groups is 1.